The summed E-state index contributed by atoms with van der Waals surface area (Å²) in [4.78, 5) is 35.3. The number of amides is 1. The van der Waals surface area contributed by atoms with Crippen LogP contribution in [-0.2, 0) is 19.1 Å². The fraction of sp³-hybridized carbons (Fsp3) is 0.214. The molecule has 3 N–H and O–H groups in total. The van der Waals surface area contributed by atoms with Gasteiger partial charge in [-0.3, -0.25) is 10.2 Å². The van der Waals surface area contributed by atoms with Crippen molar-refractivity contribution < 1.29 is 29.0 Å². The molecule has 0 aliphatic carbocycles. The van der Waals surface area contributed by atoms with E-state index in [9.17, 15) is 19.5 Å². The van der Waals surface area contributed by atoms with E-state index in [0.717, 1.165) is 6.20 Å². The molecule has 0 radical (unpaired) electrons. The van der Waals surface area contributed by atoms with Gasteiger partial charge in [0.05, 0.1) is 5.56 Å². The molecule has 1 aliphatic heterocycles. The first-order valence-corrected chi connectivity index (χ1v) is 7.20. The van der Waals surface area contributed by atoms with E-state index in [2.05, 4.69) is 26.8 Å². The van der Waals surface area contributed by atoms with Crippen molar-refractivity contribution in [3.8, 4) is 5.75 Å². The number of rotatable bonds is 3. The molecular formula is C14H13BrN2O6. The number of carbonyl (C=O) groups excluding carboxylic acids is 3. The second-order valence-electron chi connectivity index (χ2n) is 5.00. The smallest absolute Gasteiger partial charge is 0.350 e. The number of halogens is 1. The second-order valence-corrected chi connectivity index (χ2v) is 5.91. The number of hydrazine groups is 1. The van der Waals surface area contributed by atoms with E-state index in [0.29, 0.717) is 4.47 Å². The Morgan fingerprint density at radius 2 is 1.87 bits per heavy atom. The van der Waals surface area contributed by atoms with Crippen LogP contribution in [0.15, 0.2) is 34.4 Å². The third-order valence-electron chi connectivity index (χ3n) is 2.72. The molecule has 1 aliphatic rings. The minimum Gasteiger partial charge on any atom is -0.507 e. The molecule has 2 rings (SSSR count). The van der Waals surface area contributed by atoms with Crippen LogP contribution in [0.4, 0.5) is 0 Å². The molecule has 1 saturated heterocycles. The van der Waals surface area contributed by atoms with Gasteiger partial charge in [-0.15, -0.1) is 0 Å². The SMILES string of the molecule is CC1(C)OC(=O)C(=CNNC(=O)c2cc(Br)ccc2O)C(=O)O1. The van der Waals surface area contributed by atoms with Crippen LogP contribution in [0.2, 0.25) is 0 Å². The van der Waals surface area contributed by atoms with Crippen molar-refractivity contribution in [2.45, 2.75) is 19.6 Å². The standard InChI is InChI=1S/C14H13BrN2O6/c1-14(2)22-12(20)9(13(21)23-14)6-16-17-11(19)8-5-7(15)3-4-10(8)18/h3-6,16,18H,1-2H3,(H,17,19). The van der Waals surface area contributed by atoms with Gasteiger partial charge in [-0.1, -0.05) is 15.9 Å². The van der Waals surface area contributed by atoms with Gasteiger partial charge < -0.3 is 20.0 Å². The van der Waals surface area contributed by atoms with E-state index in [1.54, 1.807) is 6.07 Å². The summed E-state index contributed by atoms with van der Waals surface area (Å²) in [6.45, 7) is 2.84. The molecule has 0 bridgehead atoms. The summed E-state index contributed by atoms with van der Waals surface area (Å²) in [5.41, 5.74) is 4.11. The fourth-order valence-corrected chi connectivity index (χ4v) is 2.07. The Bertz CT molecular complexity index is 691. The zero-order valence-corrected chi connectivity index (χ0v) is 13.8. The number of aromatic hydroxyl groups is 1. The number of ether oxygens (including phenoxy) is 2. The Hall–Kier alpha value is -2.55. The molecule has 0 unspecified atom stereocenters. The van der Waals surface area contributed by atoms with Crippen molar-refractivity contribution in [2.75, 3.05) is 0 Å². The molecule has 1 aromatic carbocycles. The number of nitrogens with one attached hydrogen (secondary N) is 2. The predicted octanol–water partition coefficient (Wildman–Crippen LogP) is 1.11. The second kappa shape index (κ2) is 6.29. The van der Waals surface area contributed by atoms with Crippen LogP contribution < -0.4 is 10.9 Å². The molecule has 1 fully saturated rings. The Balaban J connectivity index is 2.04. The van der Waals surface area contributed by atoms with Gasteiger partial charge in [0, 0.05) is 24.5 Å². The van der Waals surface area contributed by atoms with Crippen LogP contribution in [0.3, 0.4) is 0 Å². The Labute approximate surface area is 139 Å². The van der Waals surface area contributed by atoms with Crippen molar-refractivity contribution in [1.82, 2.24) is 10.9 Å². The van der Waals surface area contributed by atoms with Crippen LogP contribution in [0.5, 0.6) is 5.75 Å². The van der Waals surface area contributed by atoms with E-state index >= 15 is 0 Å². The van der Waals surface area contributed by atoms with Crippen LogP contribution in [0, 0.1) is 0 Å². The normalized spacial score (nSPS) is 16.2. The minimum absolute atomic E-state index is 0.000190. The van der Waals surface area contributed by atoms with Gasteiger partial charge in [0.2, 0.25) is 0 Å². The van der Waals surface area contributed by atoms with E-state index in [1.165, 1.54) is 26.0 Å². The first-order valence-electron chi connectivity index (χ1n) is 6.41. The average molecular weight is 385 g/mol. The van der Waals surface area contributed by atoms with Crippen LogP contribution >= 0.6 is 15.9 Å². The number of esters is 2. The lowest BCUT2D eigenvalue weighted by Crippen LogP contribution is -2.43. The number of phenolic OH excluding ortho intramolecular Hbond substituents is 1. The maximum atomic E-state index is 11.9. The Morgan fingerprint density at radius 1 is 1.26 bits per heavy atom. The quantitative estimate of drug-likeness (QED) is 0.309. The number of hydrogen-bond acceptors (Lipinski definition) is 7. The number of phenols is 1. The lowest BCUT2D eigenvalue weighted by molar-refractivity contribution is -0.222. The van der Waals surface area contributed by atoms with Gasteiger partial charge in [0.1, 0.15) is 5.75 Å². The van der Waals surface area contributed by atoms with Crippen LogP contribution in [0.1, 0.15) is 24.2 Å². The first-order chi connectivity index (χ1) is 10.7. The molecular weight excluding hydrogens is 372 g/mol. The van der Waals surface area contributed by atoms with Gasteiger partial charge in [0.15, 0.2) is 5.57 Å². The highest BCUT2D eigenvalue weighted by atomic mass is 79.9. The summed E-state index contributed by atoms with van der Waals surface area (Å²) in [5, 5.41) is 9.62. The topological polar surface area (TPSA) is 114 Å². The van der Waals surface area contributed by atoms with Gasteiger partial charge >= 0.3 is 11.9 Å². The highest BCUT2D eigenvalue weighted by Gasteiger charge is 2.38. The van der Waals surface area contributed by atoms with E-state index < -0.39 is 29.2 Å². The molecule has 1 aromatic rings. The lowest BCUT2D eigenvalue weighted by Gasteiger charge is -2.29. The van der Waals surface area contributed by atoms with E-state index in [4.69, 9.17) is 9.47 Å². The zero-order chi connectivity index (χ0) is 17.2. The van der Waals surface area contributed by atoms with E-state index in [-0.39, 0.29) is 11.3 Å². The summed E-state index contributed by atoms with van der Waals surface area (Å²) in [6, 6.07) is 4.32. The average Bonchev–Trinajstić information content (AvgIpc) is 2.43. The van der Waals surface area contributed by atoms with Crippen molar-refractivity contribution in [2.24, 2.45) is 0 Å². The fourth-order valence-electron chi connectivity index (χ4n) is 1.71. The van der Waals surface area contributed by atoms with Crippen molar-refractivity contribution in [3.05, 3.63) is 40.0 Å². The third kappa shape index (κ3) is 4.01. The van der Waals surface area contributed by atoms with Crippen molar-refractivity contribution in [3.63, 3.8) is 0 Å². The highest BCUT2D eigenvalue weighted by molar-refractivity contribution is 9.10. The Morgan fingerprint density at radius 3 is 2.48 bits per heavy atom. The number of carbonyl (C=O) groups is 3. The third-order valence-corrected chi connectivity index (χ3v) is 3.22. The predicted molar refractivity (Wildman–Crippen MR) is 80.8 cm³/mol. The number of hydrogen-bond donors (Lipinski definition) is 3. The first kappa shape index (κ1) is 16.8. The summed E-state index contributed by atoms with van der Waals surface area (Å²) in [6.07, 6.45) is 0.951. The minimum atomic E-state index is -1.34. The lowest BCUT2D eigenvalue weighted by atomic mass is 10.2. The molecule has 0 aromatic heterocycles. The van der Waals surface area contributed by atoms with Crippen molar-refractivity contribution in [1.29, 1.82) is 0 Å². The molecule has 122 valence electrons. The van der Waals surface area contributed by atoms with Crippen molar-refractivity contribution >= 4 is 33.8 Å². The summed E-state index contributed by atoms with van der Waals surface area (Å²) in [5.74, 6) is -3.98. The molecule has 1 heterocycles. The molecule has 9 heteroatoms. The van der Waals surface area contributed by atoms with Gasteiger partial charge in [-0.05, 0) is 18.2 Å². The largest absolute Gasteiger partial charge is 0.507 e. The number of benzene rings is 1. The summed E-state index contributed by atoms with van der Waals surface area (Å²) >= 11 is 3.18. The monoisotopic (exact) mass is 384 g/mol. The highest BCUT2D eigenvalue weighted by Crippen LogP contribution is 2.22. The maximum Gasteiger partial charge on any atom is 0.350 e. The molecule has 0 saturated carbocycles. The van der Waals surface area contributed by atoms with Crippen LogP contribution in [0.25, 0.3) is 0 Å². The van der Waals surface area contributed by atoms with Gasteiger partial charge in [-0.2, -0.15) is 0 Å². The van der Waals surface area contributed by atoms with E-state index in [1.807, 2.05) is 0 Å². The molecule has 8 nitrogen and oxygen atoms in total. The molecule has 0 spiro atoms. The maximum absolute atomic E-state index is 11.9. The zero-order valence-electron chi connectivity index (χ0n) is 12.2. The summed E-state index contributed by atoms with van der Waals surface area (Å²) < 4.78 is 10.4. The number of cyclic esters (lactones) is 2. The molecule has 23 heavy (non-hydrogen) atoms. The van der Waals surface area contributed by atoms with Gasteiger partial charge in [-0.25, -0.2) is 9.59 Å². The summed E-state index contributed by atoms with van der Waals surface area (Å²) in [7, 11) is 0. The molecule has 1 amide bonds. The molecule has 0 atom stereocenters. The van der Waals surface area contributed by atoms with Crippen LogP contribution in [-0.4, -0.2) is 28.7 Å². The Kier molecular flexibility index (Phi) is 4.60. The van der Waals surface area contributed by atoms with Gasteiger partial charge in [0.25, 0.3) is 11.7 Å².